The van der Waals surface area contributed by atoms with Crippen molar-refractivity contribution in [3.05, 3.63) is 80.2 Å². The minimum atomic E-state index is -0.619. The Bertz CT molecular complexity index is 1250. The zero-order chi connectivity index (χ0) is 23.0. The smallest absolute Gasteiger partial charge is 0.337 e. The number of ether oxygens (including phenoxy) is 1. The van der Waals surface area contributed by atoms with Gasteiger partial charge in [-0.15, -0.1) is 0 Å². The number of methoxy groups -OCH3 is 1. The van der Waals surface area contributed by atoms with Crippen molar-refractivity contribution in [1.29, 1.82) is 0 Å². The lowest BCUT2D eigenvalue weighted by Gasteiger charge is -2.25. The molecule has 1 unspecified atom stereocenters. The Balaban J connectivity index is 1.85. The van der Waals surface area contributed by atoms with E-state index in [1.54, 1.807) is 47.4 Å². The summed E-state index contributed by atoms with van der Waals surface area (Å²) in [5.74, 6) is -0.728. The molecule has 2 heterocycles. The first kappa shape index (κ1) is 22.0. The summed E-state index contributed by atoms with van der Waals surface area (Å²) in [6, 6.07) is 10.9. The molecule has 0 N–H and O–H groups in total. The number of benzene rings is 2. The molecule has 0 bridgehead atoms. The number of hydrogen-bond acceptors (Lipinski definition) is 6. The van der Waals surface area contributed by atoms with Crippen LogP contribution in [-0.4, -0.2) is 56.0 Å². The fourth-order valence-corrected chi connectivity index (χ4v) is 4.22. The first-order valence-electron chi connectivity index (χ1n) is 10.2. The highest BCUT2D eigenvalue weighted by Gasteiger charge is 2.42. The van der Waals surface area contributed by atoms with Crippen LogP contribution in [0.1, 0.15) is 44.5 Å². The van der Waals surface area contributed by atoms with E-state index in [1.165, 1.54) is 7.11 Å². The Hall–Kier alpha value is -3.16. The third kappa shape index (κ3) is 3.89. The largest absolute Gasteiger partial charge is 0.465 e. The second kappa shape index (κ2) is 8.76. The molecule has 1 aromatic heterocycles. The SMILES string of the molecule is COC(=O)c1ccc(C2c3c(oc4ccc(Cl)cc4c3=O)C(=O)N2CCCN(C)C)cc1. The first-order valence-corrected chi connectivity index (χ1v) is 10.6. The number of nitrogens with zero attached hydrogens (tertiary/aromatic N) is 2. The minimum absolute atomic E-state index is 0.0525. The van der Waals surface area contributed by atoms with Gasteiger partial charge in [-0.05, 0) is 63.0 Å². The molecule has 0 aliphatic carbocycles. The molecule has 1 aliphatic rings. The maximum atomic E-state index is 13.5. The van der Waals surface area contributed by atoms with E-state index in [9.17, 15) is 14.4 Å². The quantitative estimate of drug-likeness (QED) is 0.528. The van der Waals surface area contributed by atoms with Gasteiger partial charge >= 0.3 is 5.97 Å². The third-order valence-corrected chi connectivity index (χ3v) is 5.81. The Morgan fingerprint density at radius 3 is 2.53 bits per heavy atom. The van der Waals surface area contributed by atoms with E-state index in [0.717, 1.165) is 13.0 Å². The second-order valence-corrected chi connectivity index (χ2v) is 8.42. The topological polar surface area (TPSA) is 80.1 Å². The summed E-state index contributed by atoms with van der Waals surface area (Å²) in [5.41, 5.74) is 1.43. The van der Waals surface area contributed by atoms with Gasteiger partial charge in [-0.1, -0.05) is 23.7 Å². The van der Waals surface area contributed by atoms with E-state index in [0.29, 0.717) is 39.2 Å². The van der Waals surface area contributed by atoms with Crippen molar-refractivity contribution < 1.29 is 18.7 Å². The maximum absolute atomic E-state index is 13.5. The van der Waals surface area contributed by atoms with E-state index in [4.69, 9.17) is 20.8 Å². The lowest BCUT2D eigenvalue weighted by Crippen LogP contribution is -2.32. The number of esters is 1. The van der Waals surface area contributed by atoms with Crippen LogP contribution in [0.15, 0.2) is 51.7 Å². The number of fused-ring (bicyclic) bond motifs is 2. The fraction of sp³-hybridized carbons (Fsp3) is 0.292. The van der Waals surface area contributed by atoms with Crippen LogP contribution in [0.2, 0.25) is 5.02 Å². The monoisotopic (exact) mass is 454 g/mol. The molecule has 0 saturated heterocycles. The number of rotatable bonds is 6. The van der Waals surface area contributed by atoms with Gasteiger partial charge in [0, 0.05) is 11.6 Å². The molecule has 3 aromatic rings. The highest BCUT2D eigenvalue weighted by molar-refractivity contribution is 6.31. The predicted octanol–water partition coefficient (Wildman–Crippen LogP) is 3.73. The van der Waals surface area contributed by atoms with Crippen molar-refractivity contribution in [2.45, 2.75) is 12.5 Å². The summed E-state index contributed by atoms with van der Waals surface area (Å²) in [6.07, 6.45) is 0.725. The van der Waals surface area contributed by atoms with Crippen LogP contribution in [0.5, 0.6) is 0 Å². The van der Waals surface area contributed by atoms with Crippen LogP contribution in [0.3, 0.4) is 0 Å². The number of halogens is 1. The Kier molecular flexibility index (Phi) is 6.04. The summed E-state index contributed by atoms with van der Waals surface area (Å²) in [4.78, 5) is 42.3. The Labute approximate surface area is 190 Å². The van der Waals surface area contributed by atoms with Crippen molar-refractivity contribution in [3.63, 3.8) is 0 Å². The van der Waals surface area contributed by atoms with Crippen LogP contribution in [0.4, 0.5) is 0 Å². The van der Waals surface area contributed by atoms with Gasteiger partial charge in [-0.2, -0.15) is 0 Å². The van der Waals surface area contributed by atoms with Gasteiger partial charge in [0.15, 0.2) is 5.43 Å². The van der Waals surface area contributed by atoms with Crippen LogP contribution in [0, 0.1) is 0 Å². The van der Waals surface area contributed by atoms with Gasteiger partial charge in [0.05, 0.1) is 29.7 Å². The number of carbonyl (C=O) groups excluding carboxylic acids is 2. The second-order valence-electron chi connectivity index (χ2n) is 7.99. The minimum Gasteiger partial charge on any atom is -0.465 e. The molecule has 166 valence electrons. The summed E-state index contributed by atoms with van der Waals surface area (Å²) in [6.45, 7) is 1.23. The van der Waals surface area contributed by atoms with Gasteiger partial charge in [0.25, 0.3) is 5.91 Å². The highest BCUT2D eigenvalue weighted by atomic mass is 35.5. The van der Waals surface area contributed by atoms with Crippen LogP contribution >= 0.6 is 11.6 Å². The van der Waals surface area contributed by atoms with Crippen molar-refractivity contribution in [3.8, 4) is 0 Å². The molecule has 2 aromatic carbocycles. The van der Waals surface area contributed by atoms with Gasteiger partial charge in [0.2, 0.25) is 5.76 Å². The van der Waals surface area contributed by atoms with E-state index >= 15 is 0 Å². The zero-order valence-corrected chi connectivity index (χ0v) is 18.8. The fourth-order valence-electron chi connectivity index (χ4n) is 4.05. The standard InChI is InChI=1S/C24H23ClN2O5/c1-26(2)11-4-12-27-20(14-5-7-15(8-6-14)24(30)31-3)19-21(28)17-13-16(25)9-10-18(17)32-22(19)23(27)29/h5-10,13,20H,4,11-12H2,1-3H3. The van der Waals surface area contributed by atoms with E-state index < -0.39 is 12.0 Å². The Morgan fingerprint density at radius 1 is 1.16 bits per heavy atom. The molecule has 8 heteroatoms. The third-order valence-electron chi connectivity index (χ3n) is 5.58. The lowest BCUT2D eigenvalue weighted by molar-refractivity contribution is 0.0600. The average molecular weight is 455 g/mol. The Morgan fingerprint density at radius 2 is 1.88 bits per heavy atom. The molecule has 1 amide bonds. The molecule has 0 fully saturated rings. The van der Waals surface area contributed by atoms with Gasteiger partial charge in [-0.25, -0.2) is 4.79 Å². The zero-order valence-electron chi connectivity index (χ0n) is 18.1. The predicted molar refractivity (Wildman–Crippen MR) is 121 cm³/mol. The highest BCUT2D eigenvalue weighted by Crippen LogP contribution is 2.38. The summed E-state index contributed by atoms with van der Waals surface area (Å²) < 4.78 is 10.7. The molecular weight excluding hydrogens is 432 g/mol. The molecule has 1 atom stereocenters. The van der Waals surface area contributed by atoms with E-state index in [1.807, 2.05) is 19.0 Å². The van der Waals surface area contributed by atoms with Crippen LogP contribution < -0.4 is 5.43 Å². The van der Waals surface area contributed by atoms with Crippen LogP contribution in [0.25, 0.3) is 11.0 Å². The first-order chi connectivity index (χ1) is 15.3. The van der Waals surface area contributed by atoms with Crippen molar-refractivity contribution >= 4 is 34.4 Å². The lowest BCUT2D eigenvalue weighted by atomic mass is 9.97. The normalized spacial score (nSPS) is 15.5. The molecule has 4 rings (SSSR count). The number of carbonyl (C=O) groups is 2. The molecular formula is C24H23ClN2O5. The van der Waals surface area contributed by atoms with Crippen molar-refractivity contribution in [1.82, 2.24) is 9.80 Å². The average Bonchev–Trinajstić information content (AvgIpc) is 3.06. The summed E-state index contributed by atoms with van der Waals surface area (Å²) in [5, 5.41) is 0.742. The summed E-state index contributed by atoms with van der Waals surface area (Å²) >= 11 is 6.10. The van der Waals surface area contributed by atoms with Gasteiger partial charge in [-0.3, -0.25) is 9.59 Å². The molecule has 0 saturated carbocycles. The molecule has 32 heavy (non-hydrogen) atoms. The number of hydrogen-bond donors (Lipinski definition) is 0. The molecule has 1 aliphatic heterocycles. The molecule has 0 spiro atoms. The van der Waals surface area contributed by atoms with Crippen molar-refractivity contribution in [2.24, 2.45) is 0 Å². The van der Waals surface area contributed by atoms with Crippen LogP contribution in [-0.2, 0) is 4.74 Å². The van der Waals surface area contributed by atoms with E-state index in [-0.39, 0.29) is 17.1 Å². The van der Waals surface area contributed by atoms with Gasteiger partial charge in [0.1, 0.15) is 5.58 Å². The maximum Gasteiger partial charge on any atom is 0.337 e. The number of amides is 1. The van der Waals surface area contributed by atoms with Crippen molar-refractivity contribution in [2.75, 3.05) is 34.3 Å². The van der Waals surface area contributed by atoms with E-state index in [2.05, 4.69) is 0 Å². The summed E-state index contributed by atoms with van der Waals surface area (Å²) in [7, 11) is 5.24. The molecule has 0 radical (unpaired) electrons. The van der Waals surface area contributed by atoms with Gasteiger partial charge < -0.3 is 19.0 Å². The molecule has 7 nitrogen and oxygen atoms in total.